The van der Waals surface area contributed by atoms with Crippen molar-refractivity contribution in [2.75, 3.05) is 6.61 Å². The van der Waals surface area contributed by atoms with E-state index in [2.05, 4.69) is 0 Å². The number of unbranched alkanes of at least 4 members (excludes halogenated alkanes) is 1. The highest BCUT2D eigenvalue weighted by Gasteiger charge is 2.11. The first kappa shape index (κ1) is 20.6. The summed E-state index contributed by atoms with van der Waals surface area (Å²) < 4.78 is 10.1. The standard InChI is InChI=1S/C20H18O8/c21-11-14-9-13(4-6-17(14)23)20(26)27-8-2-1-3-19(25)28-16-5-7-18(24)15(10-16)12-22/h4-7,9-12,23-24H,1-3,8H2. The van der Waals surface area contributed by atoms with Crippen molar-refractivity contribution in [3.05, 3.63) is 53.1 Å². The average Bonchev–Trinajstić information content (AvgIpc) is 2.69. The maximum atomic E-state index is 11.9. The molecule has 0 radical (unpaired) electrons. The topological polar surface area (TPSA) is 127 Å². The lowest BCUT2D eigenvalue weighted by atomic mass is 10.1. The Balaban J connectivity index is 1.72. The predicted molar refractivity (Wildman–Crippen MR) is 96.8 cm³/mol. The van der Waals surface area contributed by atoms with Crippen molar-refractivity contribution < 1.29 is 38.9 Å². The molecule has 0 bridgehead atoms. The number of esters is 2. The molecular formula is C20H18O8. The normalized spacial score (nSPS) is 10.1. The molecule has 28 heavy (non-hydrogen) atoms. The number of carbonyl (C=O) groups is 4. The van der Waals surface area contributed by atoms with Crippen molar-refractivity contribution in [3.8, 4) is 17.2 Å². The third-order valence-electron chi connectivity index (χ3n) is 3.76. The van der Waals surface area contributed by atoms with Crippen molar-refractivity contribution in [2.24, 2.45) is 0 Å². The van der Waals surface area contributed by atoms with Crippen LogP contribution in [0.2, 0.25) is 0 Å². The summed E-state index contributed by atoms with van der Waals surface area (Å²) in [6.07, 6.45) is 1.77. The molecular weight excluding hydrogens is 368 g/mol. The summed E-state index contributed by atoms with van der Waals surface area (Å²) in [5.41, 5.74) is 0.144. The van der Waals surface area contributed by atoms with Crippen LogP contribution in [0.25, 0.3) is 0 Å². The fourth-order valence-electron chi connectivity index (χ4n) is 2.27. The second-order valence-electron chi connectivity index (χ2n) is 5.80. The van der Waals surface area contributed by atoms with Crippen LogP contribution in [0, 0.1) is 0 Å². The number of aldehydes is 2. The summed E-state index contributed by atoms with van der Waals surface area (Å²) in [6, 6.07) is 7.68. The van der Waals surface area contributed by atoms with Crippen LogP contribution in [0.4, 0.5) is 0 Å². The van der Waals surface area contributed by atoms with Gasteiger partial charge in [0.2, 0.25) is 0 Å². The Morgan fingerprint density at radius 1 is 0.893 bits per heavy atom. The lowest BCUT2D eigenvalue weighted by Gasteiger charge is -2.07. The molecule has 0 fully saturated rings. The molecule has 2 N–H and O–H groups in total. The third kappa shape index (κ3) is 5.66. The Morgan fingerprint density at radius 2 is 1.54 bits per heavy atom. The van der Waals surface area contributed by atoms with Crippen LogP contribution >= 0.6 is 0 Å². The maximum Gasteiger partial charge on any atom is 0.338 e. The molecule has 0 saturated carbocycles. The van der Waals surface area contributed by atoms with Gasteiger partial charge in [-0.3, -0.25) is 14.4 Å². The molecule has 0 atom stereocenters. The van der Waals surface area contributed by atoms with E-state index in [0.717, 1.165) is 0 Å². The van der Waals surface area contributed by atoms with E-state index in [1.54, 1.807) is 0 Å². The SMILES string of the molecule is O=Cc1cc(OC(=O)CCCCOC(=O)c2ccc(O)c(C=O)c2)ccc1O. The van der Waals surface area contributed by atoms with Gasteiger partial charge in [-0.05, 0) is 49.2 Å². The average molecular weight is 386 g/mol. The zero-order valence-electron chi connectivity index (χ0n) is 14.8. The molecule has 2 rings (SSSR count). The van der Waals surface area contributed by atoms with Gasteiger partial charge in [-0.1, -0.05) is 0 Å². The summed E-state index contributed by atoms with van der Waals surface area (Å²) in [7, 11) is 0. The lowest BCUT2D eigenvalue weighted by Crippen LogP contribution is -2.10. The maximum absolute atomic E-state index is 11.9. The summed E-state index contributed by atoms with van der Waals surface area (Å²) in [5.74, 6) is -1.45. The molecule has 0 aliphatic heterocycles. The predicted octanol–water partition coefficient (Wildman–Crippen LogP) is 2.66. The number of aromatic hydroxyl groups is 2. The minimum Gasteiger partial charge on any atom is -0.507 e. The Hall–Kier alpha value is -3.68. The highest BCUT2D eigenvalue weighted by Crippen LogP contribution is 2.22. The van der Waals surface area contributed by atoms with Crippen molar-refractivity contribution in [1.82, 2.24) is 0 Å². The Kier molecular flexibility index (Phi) is 7.27. The molecule has 0 aliphatic rings. The molecule has 146 valence electrons. The summed E-state index contributed by atoms with van der Waals surface area (Å²) in [5, 5.41) is 18.8. The van der Waals surface area contributed by atoms with Crippen molar-refractivity contribution in [1.29, 1.82) is 0 Å². The minimum absolute atomic E-state index is 0.0100. The molecule has 0 unspecified atom stereocenters. The van der Waals surface area contributed by atoms with Crippen LogP contribution in [0.3, 0.4) is 0 Å². The van der Waals surface area contributed by atoms with E-state index in [0.29, 0.717) is 25.4 Å². The highest BCUT2D eigenvalue weighted by atomic mass is 16.5. The van der Waals surface area contributed by atoms with Crippen molar-refractivity contribution >= 4 is 24.5 Å². The minimum atomic E-state index is -0.642. The molecule has 2 aromatic carbocycles. The second kappa shape index (κ2) is 9.86. The monoisotopic (exact) mass is 386 g/mol. The van der Waals surface area contributed by atoms with Gasteiger partial charge in [-0.2, -0.15) is 0 Å². The van der Waals surface area contributed by atoms with Gasteiger partial charge in [-0.15, -0.1) is 0 Å². The smallest absolute Gasteiger partial charge is 0.338 e. The van der Waals surface area contributed by atoms with Crippen LogP contribution in [0.1, 0.15) is 50.3 Å². The number of ether oxygens (including phenoxy) is 2. The number of hydrogen-bond acceptors (Lipinski definition) is 8. The van der Waals surface area contributed by atoms with Gasteiger partial charge in [-0.25, -0.2) is 4.79 Å². The molecule has 0 amide bonds. The first-order valence-electron chi connectivity index (χ1n) is 8.38. The van der Waals surface area contributed by atoms with Crippen LogP contribution < -0.4 is 4.74 Å². The lowest BCUT2D eigenvalue weighted by molar-refractivity contribution is -0.134. The quantitative estimate of drug-likeness (QED) is 0.291. The first-order chi connectivity index (χ1) is 13.4. The van der Waals surface area contributed by atoms with Crippen LogP contribution in [0.5, 0.6) is 17.2 Å². The van der Waals surface area contributed by atoms with Crippen molar-refractivity contribution in [2.45, 2.75) is 19.3 Å². The number of hydrogen-bond donors (Lipinski definition) is 2. The number of benzene rings is 2. The van der Waals surface area contributed by atoms with E-state index >= 15 is 0 Å². The number of rotatable bonds is 9. The molecule has 0 saturated heterocycles. The second-order valence-corrected chi connectivity index (χ2v) is 5.80. The van der Waals surface area contributed by atoms with Crippen LogP contribution in [-0.2, 0) is 9.53 Å². The van der Waals surface area contributed by atoms with Gasteiger partial charge in [0.25, 0.3) is 0 Å². The molecule has 8 nitrogen and oxygen atoms in total. The molecule has 8 heteroatoms. The summed E-state index contributed by atoms with van der Waals surface area (Å²) >= 11 is 0. The van der Waals surface area contributed by atoms with E-state index in [9.17, 15) is 29.4 Å². The van der Waals surface area contributed by atoms with Gasteiger partial charge >= 0.3 is 11.9 Å². The molecule has 0 aliphatic carbocycles. The van der Waals surface area contributed by atoms with E-state index in [-0.39, 0.29) is 47.0 Å². The highest BCUT2D eigenvalue weighted by molar-refractivity contribution is 5.92. The van der Waals surface area contributed by atoms with Gasteiger partial charge < -0.3 is 19.7 Å². The van der Waals surface area contributed by atoms with E-state index in [4.69, 9.17) is 9.47 Å². The molecule has 2 aromatic rings. The Morgan fingerprint density at radius 3 is 2.21 bits per heavy atom. The van der Waals surface area contributed by atoms with Gasteiger partial charge in [0, 0.05) is 6.42 Å². The molecule has 0 aromatic heterocycles. The van der Waals surface area contributed by atoms with E-state index in [1.165, 1.54) is 36.4 Å². The fraction of sp³-hybridized carbons (Fsp3) is 0.200. The van der Waals surface area contributed by atoms with Crippen molar-refractivity contribution in [3.63, 3.8) is 0 Å². The largest absolute Gasteiger partial charge is 0.507 e. The summed E-state index contributed by atoms with van der Waals surface area (Å²) in [6.45, 7) is 0.0674. The Bertz CT molecular complexity index is 888. The fourth-order valence-corrected chi connectivity index (χ4v) is 2.27. The van der Waals surface area contributed by atoms with Gasteiger partial charge in [0.1, 0.15) is 17.2 Å². The third-order valence-corrected chi connectivity index (χ3v) is 3.76. The number of carbonyl (C=O) groups excluding carboxylic acids is 4. The number of phenols is 2. The molecule has 0 heterocycles. The van der Waals surface area contributed by atoms with Crippen LogP contribution in [0.15, 0.2) is 36.4 Å². The summed E-state index contributed by atoms with van der Waals surface area (Å²) in [4.78, 5) is 45.2. The zero-order valence-corrected chi connectivity index (χ0v) is 14.8. The van der Waals surface area contributed by atoms with E-state index in [1.807, 2.05) is 0 Å². The zero-order chi connectivity index (χ0) is 20.5. The van der Waals surface area contributed by atoms with E-state index < -0.39 is 11.9 Å². The Labute approximate surface area is 160 Å². The first-order valence-corrected chi connectivity index (χ1v) is 8.38. The van der Waals surface area contributed by atoms with Gasteiger partial charge in [0.05, 0.1) is 23.3 Å². The van der Waals surface area contributed by atoms with Crippen LogP contribution in [-0.4, -0.2) is 41.3 Å². The molecule has 0 spiro atoms. The van der Waals surface area contributed by atoms with Gasteiger partial charge in [0.15, 0.2) is 12.6 Å². The number of phenolic OH excluding ortho intramolecular Hbond substituents is 2.